The Kier molecular flexibility index (Phi) is 2.52. The van der Waals surface area contributed by atoms with E-state index in [-0.39, 0.29) is 24.9 Å². The monoisotopic (exact) mass is 210 g/mol. The van der Waals surface area contributed by atoms with Gasteiger partial charge in [0, 0.05) is 5.56 Å². The molecule has 0 spiro atoms. The molecule has 0 unspecified atom stereocenters. The van der Waals surface area contributed by atoms with Crippen LogP contribution >= 0.6 is 0 Å². The van der Waals surface area contributed by atoms with Crippen LogP contribution in [-0.4, -0.2) is 18.3 Å². The van der Waals surface area contributed by atoms with Crippen molar-refractivity contribution in [3.05, 3.63) is 35.1 Å². The van der Waals surface area contributed by atoms with Gasteiger partial charge in [-0.05, 0) is 11.5 Å². The molecule has 15 heavy (non-hydrogen) atoms. The Hall–Kier alpha value is -0.930. The number of halogens is 1. The van der Waals surface area contributed by atoms with Gasteiger partial charge in [0.1, 0.15) is 11.4 Å². The highest BCUT2D eigenvalue weighted by molar-refractivity contribution is 5.33. The van der Waals surface area contributed by atoms with Crippen molar-refractivity contribution >= 4 is 0 Å². The molecule has 1 heterocycles. The Morgan fingerprint density at radius 3 is 2.53 bits per heavy atom. The zero-order chi connectivity index (χ0) is 11.1. The first kappa shape index (κ1) is 10.6. The zero-order valence-corrected chi connectivity index (χ0v) is 8.96. The van der Waals surface area contributed by atoms with Crippen molar-refractivity contribution in [2.24, 2.45) is 0 Å². The molecule has 1 aromatic carbocycles. The smallest absolute Gasteiger partial charge is 0.139 e. The predicted octanol–water partition coefficient (Wildman–Crippen LogP) is 2.17. The van der Waals surface area contributed by atoms with Crippen LogP contribution in [0, 0.1) is 5.82 Å². The van der Waals surface area contributed by atoms with E-state index in [0.29, 0.717) is 11.1 Å². The lowest BCUT2D eigenvalue weighted by molar-refractivity contribution is -0.186. The quantitative estimate of drug-likeness (QED) is 0.810. The highest BCUT2D eigenvalue weighted by Gasteiger charge is 2.40. The molecule has 1 fully saturated rings. The molecule has 3 heteroatoms. The van der Waals surface area contributed by atoms with Gasteiger partial charge in [0.2, 0.25) is 0 Å². The van der Waals surface area contributed by atoms with Gasteiger partial charge in [0.25, 0.3) is 0 Å². The lowest BCUT2D eigenvalue weighted by Gasteiger charge is -2.37. The molecule has 0 aromatic heterocycles. The van der Waals surface area contributed by atoms with Crippen molar-refractivity contribution in [3.8, 4) is 0 Å². The van der Waals surface area contributed by atoms with E-state index in [2.05, 4.69) is 0 Å². The van der Waals surface area contributed by atoms with Gasteiger partial charge in [-0.2, -0.15) is 0 Å². The molecule has 1 N–H and O–H groups in total. The second kappa shape index (κ2) is 3.58. The standard InChI is InChI=1S/C12H15FO2/c1-8(2)9-4-3-5-10(11(9)13)12(14)6-15-7-12/h3-5,8,14H,6-7H2,1-2H3. The number of rotatable bonds is 2. The first-order valence-corrected chi connectivity index (χ1v) is 5.13. The van der Waals surface area contributed by atoms with Crippen molar-refractivity contribution in [3.63, 3.8) is 0 Å². The van der Waals surface area contributed by atoms with Crippen LogP contribution in [0.2, 0.25) is 0 Å². The van der Waals surface area contributed by atoms with Crippen LogP contribution in [0.25, 0.3) is 0 Å². The summed E-state index contributed by atoms with van der Waals surface area (Å²) in [6.07, 6.45) is 0. The molecule has 0 aliphatic carbocycles. The van der Waals surface area contributed by atoms with Gasteiger partial charge in [0.15, 0.2) is 0 Å². The average Bonchev–Trinajstić information content (AvgIpc) is 2.14. The van der Waals surface area contributed by atoms with E-state index in [1.165, 1.54) is 0 Å². The summed E-state index contributed by atoms with van der Waals surface area (Å²) in [5, 5.41) is 10.0. The fraction of sp³-hybridized carbons (Fsp3) is 0.500. The van der Waals surface area contributed by atoms with Gasteiger partial charge in [0.05, 0.1) is 13.2 Å². The summed E-state index contributed by atoms with van der Waals surface area (Å²) in [4.78, 5) is 0. The number of hydrogen-bond donors (Lipinski definition) is 1. The Balaban J connectivity index is 2.44. The molecule has 2 nitrogen and oxygen atoms in total. The lowest BCUT2D eigenvalue weighted by Crippen LogP contribution is -2.47. The second-order valence-corrected chi connectivity index (χ2v) is 4.39. The summed E-state index contributed by atoms with van der Waals surface area (Å²) >= 11 is 0. The van der Waals surface area contributed by atoms with Crippen LogP contribution in [0.15, 0.2) is 18.2 Å². The Bertz CT molecular complexity index is 370. The number of benzene rings is 1. The summed E-state index contributed by atoms with van der Waals surface area (Å²) in [6.45, 7) is 4.24. The largest absolute Gasteiger partial charge is 0.380 e. The first-order chi connectivity index (χ1) is 7.04. The van der Waals surface area contributed by atoms with Crippen LogP contribution in [0.5, 0.6) is 0 Å². The van der Waals surface area contributed by atoms with Gasteiger partial charge in [-0.15, -0.1) is 0 Å². The van der Waals surface area contributed by atoms with E-state index in [1.54, 1.807) is 18.2 Å². The summed E-state index contributed by atoms with van der Waals surface area (Å²) in [5.74, 6) is -0.173. The van der Waals surface area contributed by atoms with E-state index >= 15 is 0 Å². The van der Waals surface area contributed by atoms with Gasteiger partial charge in [-0.3, -0.25) is 0 Å². The zero-order valence-electron chi connectivity index (χ0n) is 8.96. The normalized spacial score (nSPS) is 19.0. The molecule has 0 bridgehead atoms. The van der Waals surface area contributed by atoms with E-state index in [0.717, 1.165) is 0 Å². The third-order valence-corrected chi connectivity index (χ3v) is 2.83. The van der Waals surface area contributed by atoms with Crippen molar-refractivity contribution in [2.45, 2.75) is 25.4 Å². The third kappa shape index (κ3) is 1.66. The Morgan fingerprint density at radius 2 is 2.07 bits per heavy atom. The SMILES string of the molecule is CC(C)c1cccc(C2(O)COC2)c1F. The molecule has 0 atom stereocenters. The molecule has 1 aliphatic rings. The van der Waals surface area contributed by atoms with Crippen LogP contribution < -0.4 is 0 Å². The minimum absolute atomic E-state index is 0.120. The van der Waals surface area contributed by atoms with Crippen LogP contribution in [-0.2, 0) is 10.3 Å². The lowest BCUT2D eigenvalue weighted by atomic mass is 9.88. The average molecular weight is 210 g/mol. The van der Waals surface area contributed by atoms with E-state index in [4.69, 9.17) is 4.74 Å². The van der Waals surface area contributed by atoms with Crippen molar-refractivity contribution in [1.29, 1.82) is 0 Å². The Morgan fingerprint density at radius 1 is 1.40 bits per heavy atom. The second-order valence-electron chi connectivity index (χ2n) is 4.39. The van der Waals surface area contributed by atoms with Crippen molar-refractivity contribution in [1.82, 2.24) is 0 Å². The molecule has 2 rings (SSSR count). The number of ether oxygens (including phenoxy) is 1. The summed E-state index contributed by atoms with van der Waals surface area (Å²) in [5.41, 5.74) is -0.109. The number of hydrogen-bond acceptors (Lipinski definition) is 2. The maximum Gasteiger partial charge on any atom is 0.139 e. The fourth-order valence-electron chi connectivity index (χ4n) is 1.81. The molecule has 82 valence electrons. The van der Waals surface area contributed by atoms with Gasteiger partial charge in [-0.25, -0.2) is 4.39 Å². The topological polar surface area (TPSA) is 29.5 Å². The van der Waals surface area contributed by atoms with E-state index in [1.807, 2.05) is 13.8 Å². The van der Waals surface area contributed by atoms with E-state index < -0.39 is 5.60 Å². The molecule has 0 saturated carbocycles. The minimum atomic E-state index is -1.12. The predicted molar refractivity (Wildman–Crippen MR) is 55.2 cm³/mol. The first-order valence-electron chi connectivity index (χ1n) is 5.13. The molecule has 0 radical (unpaired) electrons. The molecular weight excluding hydrogens is 195 g/mol. The molecule has 1 saturated heterocycles. The van der Waals surface area contributed by atoms with Gasteiger partial charge in [-0.1, -0.05) is 32.0 Å². The molecule has 1 aromatic rings. The molecule has 0 amide bonds. The van der Waals surface area contributed by atoms with E-state index in [9.17, 15) is 9.50 Å². The van der Waals surface area contributed by atoms with Gasteiger partial charge >= 0.3 is 0 Å². The van der Waals surface area contributed by atoms with Crippen LogP contribution in [0.3, 0.4) is 0 Å². The third-order valence-electron chi connectivity index (χ3n) is 2.83. The fourth-order valence-corrected chi connectivity index (χ4v) is 1.81. The maximum atomic E-state index is 14.0. The maximum absolute atomic E-state index is 14.0. The molecular formula is C12H15FO2. The minimum Gasteiger partial charge on any atom is -0.380 e. The summed E-state index contributed by atoms with van der Waals surface area (Å²) in [7, 11) is 0. The van der Waals surface area contributed by atoms with Crippen molar-refractivity contribution < 1.29 is 14.2 Å². The summed E-state index contributed by atoms with van der Waals surface area (Å²) < 4.78 is 19.0. The highest BCUT2D eigenvalue weighted by atomic mass is 19.1. The van der Waals surface area contributed by atoms with Gasteiger partial charge < -0.3 is 9.84 Å². The van der Waals surface area contributed by atoms with Crippen molar-refractivity contribution in [2.75, 3.05) is 13.2 Å². The highest BCUT2D eigenvalue weighted by Crippen LogP contribution is 2.33. The summed E-state index contributed by atoms with van der Waals surface area (Å²) in [6, 6.07) is 5.17. The Labute approximate surface area is 88.7 Å². The number of aliphatic hydroxyl groups is 1. The van der Waals surface area contributed by atoms with Crippen LogP contribution in [0.1, 0.15) is 30.9 Å². The molecule has 1 aliphatic heterocycles. The van der Waals surface area contributed by atoms with Crippen LogP contribution in [0.4, 0.5) is 4.39 Å².